The van der Waals surface area contributed by atoms with Crippen LogP contribution in [0.15, 0.2) is 9.98 Å². The van der Waals surface area contributed by atoms with Crippen molar-refractivity contribution in [2.24, 2.45) is 9.98 Å². The van der Waals surface area contributed by atoms with Crippen LogP contribution in [0.1, 0.15) is 79.1 Å². The number of rotatable bonds is 16. The summed E-state index contributed by atoms with van der Waals surface area (Å²) in [5.41, 5.74) is 0. The van der Waals surface area contributed by atoms with Crippen molar-refractivity contribution in [2.75, 3.05) is 23.0 Å². The van der Waals surface area contributed by atoms with Crippen molar-refractivity contribution in [3.05, 3.63) is 0 Å². The topological polar surface area (TPSA) is 52.0 Å². The maximum absolute atomic E-state index is 6.86. The molecule has 0 aromatic heterocycles. The molecule has 170 valence electrons. The first-order valence-electron chi connectivity index (χ1n) is 10.8. The molecule has 0 saturated heterocycles. The first-order chi connectivity index (χ1) is 14.1. The van der Waals surface area contributed by atoms with Gasteiger partial charge in [-0.2, -0.15) is 9.98 Å². The molecule has 0 aromatic rings. The second kappa shape index (κ2) is 17.0. The molecular formula is C19H38ClN5S4. The van der Waals surface area contributed by atoms with Crippen LogP contribution in [0, 0.1) is 0 Å². The Morgan fingerprint density at radius 3 is 2.00 bits per heavy atom. The zero-order valence-electron chi connectivity index (χ0n) is 18.3. The summed E-state index contributed by atoms with van der Waals surface area (Å²) in [5, 5.41) is 3.38. The third kappa shape index (κ3) is 12.1. The van der Waals surface area contributed by atoms with Gasteiger partial charge in [-0.1, -0.05) is 88.7 Å². The minimum Gasteiger partial charge on any atom is -0.300 e. The van der Waals surface area contributed by atoms with Crippen LogP contribution in [-0.2, 0) is 0 Å². The van der Waals surface area contributed by atoms with Crippen molar-refractivity contribution < 1.29 is 0 Å². The molecule has 0 spiro atoms. The zero-order valence-corrected chi connectivity index (χ0v) is 22.4. The van der Waals surface area contributed by atoms with Crippen molar-refractivity contribution in [1.29, 1.82) is 0 Å². The van der Waals surface area contributed by atoms with Crippen LogP contribution >= 0.6 is 59.2 Å². The van der Waals surface area contributed by atoms with Gasteiger partial charge in [0.15, 0.2) is 0 Å². The van der Waals surface area contributed by atoms with Gasteiger partial charge in [0, 0.05) is 17.3 Å². The summed E-state index contributed by atoms with van der Waals surface area (Å²) in [6.07, 6.45) is 9.37. The number of alkyl halides is 1. The van der Waals surface area contributed by atoms with Gasteiger partial charge >= 0.3 is 0 Å². The van der Waals surface area contributed by atoms with Crippen molar-refractivity contribution in [1.82, 2.24) is 13.7 Å². The monoisotopic (exact) mass is 499 g/mol. The number of aliphatic imine (C=N–C) groups is 2. The molecule has 0 aromatic carbocycles. The van der Waals surface area contributed by atoms with Gasteiger partial charge in [0.25, 0.3) is 4.45 Å². The molecule has 0 radical (unpaired) electrons. The Balaban J connectivity index is 2.89. The lowest BCUT2D eigenvalue weighted by atomic mass is 10.4. The van der Waals surface area contributed by atoms with Crippen LogP contribution in [0.3, 0.4) is 0 Å². The van der Waals surface area contributed by atoms with Crippen LogP contribution in [0.5, 0.6) is 0 Å². The molecular weight excluding hydrogens is 462 g/mol. The number of nitrogens with one attached hydrogen (secondary N) is 2. The Morgan fingerprint density at radius 2 is 1.41 bits per heavy atom. The molecule has 0 bridgehead atoms. The van der Waals surface area contributed by atoms with E-state index in [0.717, 1.165) is 41.8 Å². The van der Waals surface area contributed by atoms with Gasteiger partial charge in [0.05, 0.1) is 0 Å². The second-order valence-corrected chi connectivity index (χ2v) is 11.9. The smallest absolute Gasteiger partial charge is 0.281 e. The van der Waals surface area contributed by atoms with Gasteiger partial charge in [-0.15, -0.1) is 0 Å². The molecule has 29 heavy (non-hydrogen) atoms. The number of unbranched alkanes of at least 4 members (excludes halogenated alkanes) is 4. The number of guanidine groups is 2. The maximum atomic E-state index is 6.86. The molecule has 1 aliphatic heterocycles. The summed E-state index contributed by atoms with van der Waals surface area (Å²) in [7, 11) is 0. The summed E-state index contributed by atoms with van der Waals surface area (Å²) >= 11 is 13.8. The summed E-state index contributed by atoms with van der Waals surface area (Å²) in [6.45, 7) is 8.84. The Morgan fingerprint density at radius 1 is 0.862 bits per heavy atom. The van der Waals surface area contributed by atoms with Crippen LogP contribution in [0.2, 0.25) is 0 Å². The number of hydrogen-bond donors (Lipinski definition) is 2. The first-order valence-corrected chi connectivity index (χ1v) is 15.0. The van der Waals surface area contributed by atoms with Gasteiger partial charge in [0.1, 0.15) is 0 Å². The Labute approximate surface area is 200 Å². The highest BCUT2D eigenvalue weighted by molar-refractivity contribution is 8.12. The Bertz CT molecular complexity index is 485. The molecule has 10 heteroatoms. The lowest BCUT2D eigenvalue weighted by Gasteiger charge is -2.31. The van der Waals surface area contributed by atoms with Gasteiger partial charge in [-0.25, -0.2) is 3.71 Å². The highest BCUT2D eigenvalue weighted by Crippen LogP contribution is 2.37. The van der Waals surface area contributed by atoms with Crippen LogP contribution in [-0.4, -0.2) is 43.1 Å². The van der Waals surface area contributed by atoms with E-state index in [9.17, 15) is 0 Å². The standard InChI is InChI=1S/C19H38ClN5S4/c1-5-9-13-26-19(20)22-17(24-27-14-10-6-2)21-18(23-19)25(28-15-11-7-3)29-16-12-8-4/h5-16H2,1-4H3,(H2,21,22,23,24). The molecule has 5 nitrogen and oxygen atoms in total. The fraction of sp³-hybridized carbons (Fsp3) is 0.895. The van der Waals surface area contributed by atoms with Crippen molar-refractivity contribution in [3.8, 4) is 0 Å². The van der Waals surface area contributed by atoms with E-state index in [0.29, 0.717) is 5.96 Å². The number of thioether (sulfide) groups is 1. The molecule has 1 atom stereocenters. The van der Waals surface area contributed by atoms with Crippen molar-refractivity contribution >= 4 is 71.1 Å². The van der Waals surface area contributed by atoms with E-state index in [1.54, 1.807) is 23.7 Å². The molecule has 2 N–H and O–H groups in total. The van der Waals surface area contributed by atoms with E-state index in [1.807, 2.05) is 23.9 Å². The summed E-state index contributed by atoms with van der Waals surface area (Å²) in [6, 6.07) is 0. The quantitative estimate of drug-likeness (QED) is 0.103. The average molecular weight is 500 g/mol. The minimum atomic E-state index is -1.00. The second-order valence-electron chi connectivity index (χ2n) is 6.69. The van der Waals surface area contributed by atoms with E-state index in [1.165, 1.54) is 38.5 Å². The molecule has 0 saturated carbocycles. The predicted molar refractivity (Wildman–Crippen MR) is 141 cm³/mol. The zero-order chi connectivity index (χ0) is 21.4. The van der Waals surface area contributed by atoms with Gasteiger partial charge in [0.2, 0.25) is 11.9 Å². The number of nitrogens with zero attached hydrogens (tertiary/aromatic N) is 3. The van der Waals surface area contributed by atoms with E-state index in [4.69, 9.17) is 16.6 Å². The first kappa shape index (κ1) is 27.5. The highest BCUT2D eigenvalue weighted by Gasteiger charge is 2.34. The van der Waals surface area contributed by atoms with Gasteiger partial charge in [-0.05, 0) is 55.3 Å². The maximum Gasteiger partial charge on any atom is 0.281 e. The van der Waals surface area contributed by atoms with E-state index < -0.39 is 4.45 Å². The van der Waals surface area contributed by atoms with E-state index >= 15 is 0 Å². The molecule has 1 rings (SSSR count). The number of hydrogen-bond acceptors (Lipinski definition) is 9. The highest BCUT2D eigenvalue weighted by atomic mass is 35.5. The predicted octanol–water partition coefficient (Wildman–Crippen LogP) is 6.92. The molecule has 1 heterocycles. The number of halogens is 1. The van der Waals surface area contributed by atoms with E-state index in [-0.39, 0.29) is 0 Å². The summed E-state index contributed by atoms with van der Waals surface area (Å²) < 4.78 is 4.56. The fourth-order valence-corrected chi connectivity index (χ4v) is 6.57. The SMILES string of the molecule is CCCCSNC1=NC(Cl)(SCCCC)N=C(N(SCCCC)SCCCC)N1. The minimum absolute atomic E-state index is 0.701. The molecule has 1 unspecified atom stereocenters. The van der Waals surface area contributed by atoms with Gasteiger partial charge in [-0.3, -0.25) is 10.0 Å². The van der Waals surface area contributed by atoms with Crippen LogP contribution < -0.4 is 10.0 Å². The normalized spacial score (nSPS) is 18.8. The largest absolute Gasteiger partial charge is 0.300 e. The third-order valence-electron chi connectivity index (χ3n) is 3.86. The summed E-state index contributed by atoms with van der Waals surface area (Å²) in [5.74, 6) is 5.62. The lowest BCUT2D eigenvalue weighted by Crippen LogP contribution is -2.48. The molecule has 0 amide bonds. The third-order valence-corrected chi connectivity index (χ3v) is 8.62. The molecule has 1 aliphatic rings. The van der Waals surface area contributed by atoms with Crippen LogP contribution in [0.25, 0.3) is 0 Å². The molecule has 0 fully saturated rings. The van der Waals surface area contributed by atoms with Gasteiger partial charge < -0.3 is 0 Å². The summed E-state index contributed by atoms with van der Waals surface area (Å²) in [4.78, 5) is 9.50. The average Bonchev–Trinajstić information content (AvgIpc) is 2.70. The van der Waals surface area contributed by atoms with E-state index in [2.05, 4.69) is 46.4 Å². The lowest BCUT2D eigenvalue weighted by molar-refractivity contribution is 0.805. The van der Waals surface area contributed by atoms with Crippen molar-refractivity contribution in [2.45, 2.75) is 83.5 Å². The van der Waals surface area contributed by atoms with Crippen LogP contribution in [0.4, 0.5) is 0 Å². The molecule has 0 aliphatic carbocycles. The Kier molecular flexibility index (Phi) is 16.1. The van der Waals surface area contributed by atoms with Crippen molar-refractivity contribution in [3.63, 3.8) is 0 Å². The fourth-order valence-electron chi connectivity index (χ4n) is 2.08. The Hall–Kier alpha value is 0.430.